The molecule has 2 N–H and O–H groups in total. The van der Waals surface area contributed by atoms with Crippen molar-refractivity contribution < 1.29 is 10.1 Å². The molecular formula is C13H30N2OS. The number of hydrogen-bond donors (Lipinski definition) is 1. The Labute approximate surface area is 113 Å². The van der Waals surface area contributed by atoms with Crippen LogP contribution < -0.4 is 5.32 Å². The highest BCUT2D eigenvalue weighted by molar-refractivity contribution is 7.76. The highest BCUT2D eigenvalue weighted by Gasteiger charge is 1.98. The van der Waals surface area contributed by atoms with E-state index in [4.69, 9.17) is 0 Å². The van der Waals surface area contributed by atoms with Gasteiger partial charge in [0, 0.05) is 13.1 Å². The second kappa shape index (κ2) is 15.6. The van der Waals surface area contributed by atoms with Crippen LogP contribution in [0.2, 0.25) is 0 Å². The molecule has 0 spiro atoms. The van der Waals surface area contributed by atoms with Crippen LogP contribution in [-0.4, -0.2) is 36.3 Å². The van der Waals surface area contributed by atoms with Crippen molar-refractivity contribution in [3.63, 3.8) is 0 Å². The van der Waals surface area contributed by atoms with Crippen LogP contribution in [0.1, 0.15) is 53.4 Å². The van der Waals surface area contributed by atoms with Crippen molar-refractivity contribution in [1.29, 1.82) is 0 Å². The molecule has 17 heavy (non-hydrogen) atoms. The SMILES string of the molecule is CCCN(CCC)C(=O)[S-].CCC[NH2+]CCC. The van der Waals surface area contributed by atoms with Gasteiger partial charge in [-0.2, -0.15) is 0 Å². The van der Waals surface area contributed by atoms with Crippen molar-refractivity contribution in [1.82, 2.24) is 4.90 Å². The Morgan fingerprint density at radius 1 is 0.941 bits per heavy atom. The topological polar surface area (TPSA) is 36.9 Å². The van der Waals surface area contributed by atoms with E-state index in [-0.39, 0.29) is 5.24 Å². The summed E-state index contributed by atoms with van der Waals surface area (Å²) < 4.78 is 0. The first kappa shape index (κ1) is 19.0. The molecule has 0 aliphatic carbocycles. The third kappa shape index (κ3) is 15.6. The van der Waals surface area contributed by atoms with Crippen LogP contribution in [0.3, 0.4) is 0 Å². The van der Waals surface area contributed by atoms with E-state index >= 15 is 0 Å². The molecule has 0 radical (unpaired) electrons. The van der Waals surface area contributed by atoms with Gasteiger partial charge in [0.15, 0.2) is 0 Å². The minimum absolute atomic E-state index is 0.219. The second-order valence-corrected chi connectivity index (χ2v) is 4.47. The molecular weight excluding hydrogens is 232 g/mol. The van der Waals surface area contributed by atoms with E-state index < -0.39 is 0 Å². The standard InChI is InChI=1S/C7H15NOS.C6H15N/c1-3-5-8(6-4-2)7(9)10;1-3-5-7-6-4-2/h3-6H2,1-2H3,(H,9,10);7H,3-6H2,1-2H3. The summed E-state index contributed by atoms with van der Waals surface area (Å²) in [6.45, 7) is 12.7. The van der Waals surface area contributed by atoms with Gasteiger partial charge in [0.2, 0.25) is 0 Å². The normalized spacial score (nSPS) is 9.41. The highest BCUT2D eigenvalue weighted by atomic mass is 32.1. The monoisotopic (exact) mass is 262 g/mol. The van der Waals surface area contributed by atoms with Crippen molar-refractivity contribution in [2.45, 2.75) is 53.4 Å². The van der Waals surface area contributed by atoms with Crippen molar-refractivity contribution in [2.75, 3.05) is 26.2 Å². The summed E-state index contributed by atoms with van der Waals surface area (Å²) in [5, 5.41) is 2.14. The van der Waals surface area contributed by atoms with Gasteiger partial charge >= 0.3 is 0 Å². The lowest BCUT2D eigenvalue weighted by molar-refractivity contribution is -0.654. The van der Waals surface area contributed by atoms with Crippen LogP contribution in [0, 0.1) is 0 Å². The first-order valence-electron chi connectivity index (χ1n) is 6.91. The Morgan fingerprint density at radius 3 is 1.59 bits per heavy atom. The van der Waals surface area contributed by atoms with Crippen molar-refractivity contribution in [3.8, 4) is 0 Å². The molecule has 0 bridgehead atoms. The molecule has 0 saturated carbocycles. The quantitative estimate of drug-likeness (QED) is 0.537. The molecule has 1 amide bonds. The number of carbonyl (C=O) groups excluding carboxylic acids is 1. The van der Waals surface area contributed by atoms with Crippen LogP contribution in [0.15, 0.2) is 0 Å². The molecule has 0 unspecified atom stereocenters. The van der Waals surface area contributed by atoms with Gasteiger partial charge in [0.25, 0.3) is 0 Å². The Balaban J connectivity index is 0. The highest BCUT2D eigenvalue weighted by Crippen LogP contribution is 1.94. The third-order valence-electron chi connectivity index (χ3n) is 2.23. The average molecular weight is 262 g/mol. The Kier molecular flexibility index (Phi) is 17.5. The fourth-order valence-corrected chi connectivity index (χ4v) is 1.57. The zero-order valence-corrected chi connectivity index (χ0v) is 12.8. The lowest BCUT2D eigenvalue weighted by Gasteiger charge is -2.24. The van der Waals surface area contributed by atoms with Crippen molar-refractivity contribution in [2.24, 2.45) is 0 Å². The zero-order chi connectivity index (χ0) is 13.5. The molecule has 0 rings (SSSR count). The first-order valence-corrected chi connectivity index (χ1v) is 7.32. The molecule has 0 aliphatic heterocycles. The van der Waals surface area contributed by atoms with Crippen LogP contribution in [-0.2, 0) is 12.6 Å². The van der Waals surface area contributed by atoms with Crippen molar-refractivity contribution >= 4 is 17.9 Å². The number of nitrogens with two attached hydrogens (primary N) is 1. The van der Waals surface area contributed by atoms with Crippen molar-refractivity contribution in [3.05, 3.63) is 0 Å². The number of amides is 1. The van der Waals surface area contributed by atoms with Gasteiger partial charge < -0.3 is 27.6 Å². The van der Waals surface area contributed by atoms with Gasteiger partial charge in [-0.3, -0.25) is 0 Å². The largest absolute Gasteiger partial charge is 0.719 e. The Bertz CT molecular complexity index is 155. The molecule has 0 saturated heterocycles. The number of quaternary nitrogens is 1. The number of nitrogens with zero attached hydrogens (tertiary/aromatic N) is 1. The molecule has 0 aromatic rings. The molecule has 0 heterocycles. The van der Waals surface area contributed by atoms with E-state index in [9.17, 15) is 4.79 Å². The van der Waals surface area contributed by atoms with Gasteiger partial charge in [0.05, 0.1) is 13.1 Å². The predicted octanol–water partition coefficient (Wildman–Crippen LogP) is 2.15. The molecule has 0 aromatic carbocycles. The van der Waals surface area contributed by atoms with E-state index in [0.717, 1.165) is 25.9 Å². The van der Waals surface area contributed by atoms with E-state index in [2.05, 4.69) is 31.8 Å². The number of rotatable bonds is 8. The van der Waals surface area contributed by atoms with E-state index in [1.54, 1.807) is 4.90 Å². The van der Waals surface area contributed by atoms with Gasteiger partial charge in [-0.1, -0.05) is 27.7 Å². The van der Waals surface area contributed by atoms with Gasteiger partial charge in [-0.25, -0.2) is 0 Å². The van der Waals surface area contributed by atoms with E-state index in [1.165, 1.54) is 25.9 Å². The molecule has 3 nitrogen and oxygen atoms in total. The fraction of sp³-hybridized carbons (Fsp3) is 0.923. The molecule has 0 fully saturated rings. The lowest BCUT2D eigenvalue weighted by Crippen LogP contribution is -2.84. The maximum atomic E-state index is 10.7. The maximum absolute atomic E-state index is 10.7. The second-order valence-electron chi connectivity index (χ2n) is 4.12. The molecule has 104 valence electrons. The third-order valence-corrected chi connectivity index (χ3v) is 2.49. The molecule has 0 atom stereocenters. The summed E-state index contributed by atoms with van der Waals surface area (Å²) in [6.07, 6.45) is 4.59. The van der Waals surface area contributed by atoms with E-state index in [1.807, 2.05) is 13.8 Å². The molecule has 0 aromatic heterocycles. The van der Waals surface area contributed by atoms with Gasteiger partial charge in [-0.05, 0) is 25.7 Å². The zero-order valence-electron chi connectivity index (χ0n) is 12.0. The van der Waals surface area contributed by atoms with E-state index in [0.29, 0.717) is 0 Å². The fourth-order valence-electron chi connectivity index (χ4n) is 1.39. The van der Waals surface area contributed by atoms with Crippen LogP contribution in [0.5, 0.6) is 0 Å². The number of carbonyl (C=O) groups is 1. The Hall–Kier alpha value is -0.350. The lowest BCUT2D eigenvalue weighted by atomic mass is 10.4. The van der Waals surface area contributed by atoms with Gasteiger partial charge in [0.1, 0.15) is 5.24 Å². The van der Waals surface area contributed by atoms with Crippen LogP contribution >= 0.6 is 0 Å². The van der Waals surface area contributed by atoms with Crippen LogP contribution in [0.25, 0.3) is 0 Å². The summed E-state index contributed by atoms with van der Waals surface area (Å²) in [4.78, 5) is 12.4. The summed E-state index contributed by atoms with van der Waals surface area (Å²) >= 11 is 4.52. The summed E-state index contributed by atoms with van der Waals surface area (Å²) in [5.41, 5.74) is 0. The minimum atomic E-state index is -0.219. The molecule has 0 aliphatic rings. The average Bonchev–Trinajstić information content (AvgIpc) is 2.30. The summed E-state index contributed by atoms with van der Waals surface area (Å²) in [7, 11) is 0. The number of hydrogen-bond acceptors (Lipinski definition) is 2. The minimum Gasteiger partial charge on any atom is -0.719 e. The maximum Gasteiger partial charge on any atom is 0.101 e. The van der Waals surface area contributed by atoms with Gasteiger partial charge in [-0.15, -0.1) is 0 Å². The van der Waals surface area contributed by atoms with Crippen LogP contribution in [0.4, 0.5) is 4.79 Å². The molecule has 4 heteroatoms. The smallest absolute Gasteiger partial charge is 0.101 e. The summed E-state index contributed by atoms with van der Waals surface area (Å²) in [5.74, 6) is 0. The Morgan fingerprint density at radius 2 is 1.35 bits per heavy atom. The predicted molar refractivity (Wildman–Crippen MR) is 77.2 cm³/mol. The first-order chi connectivity index (χ1) is 8.13. The summed E-state index contributed by atoms with van der Waals surface area (Å²) in [6, 6.07) is 0.